The summed E-state index contributed by atoms with van der Waals surface area (Å²) in [6, 6.07) is 7.59. The third-order valence-electron chi connectivity index (χ3n) is 4.10. The van der Waals surface area contributed by atoms with E-state index in [2.05, 4.69) is 46.6 Å². The standard InChI is InChI=1S/C12H9N3OS.C8H10ClN.C4H6.C3H8/c1-7(16)9-2-4-13-12-10(9)14-11(15-12)8-3-5-17-6-8;1-2-3-7-4-5-10-8(9)6-7;1-3-4-2;1-3-2/h2-6H,1H3,(H,13,14,15);4-6H,2-3H2,1H3;1H,4H2,2H3;3H2,1-2H3. The van der Waals surface area contributed by atoms with E-state index < -0.39 is 0 Å². The number of nitrogens with zero attached hydrogens (tertiary/aromatic N) is 3. The van der Waals surface area contributed by atoms with Gasteiger partial charge in [-0.3, -0.25) is 4.79 Å². The van der Waals surface area contributed by atoms with Crippen LogP contribution in [0.2, 0.25) is 5.15 Å². The fourth-order valence-electron chi connectivity index (χ4n) is 2.63. The molecule has 4 aromatic heterocycles. The average Bonchev–Trinajstić information content (AvgIpc) is 3.50. The molecule has 0 saturated carbocycles. The molecule has 0 unspecified atom stereocenters. The van der Waals surface area contributed by atoms with Crippen LogP contribution in [0.1, 0.15) is 69.8 Å². The van der Waals surface area contributed by atoms with Gasteiger partial charge in [-0.25, -0.2) is 15.0 Å². The van der Waals surface area contributed by atoms with Crippen molar-refractivity contribution in [3.05, 3.63) is 63.7 Å². The first-order valence-electron chi connectivity index (χ1n) is 11.3. The Morgan fingerprint density at radius 1 is 1.15 bits per heavy atom. The number of thiophene rings is 1. The number of terminal acetylenes is 1. The molecule has 1 N–H and O–H groups in total. The molecule has 180 valence electrons. The van der Waals surface area contributed by atoms with Crippen molar-refractivity contribution in [2.24, 2.45) is 0 Å². The normalized spacial score (nSPS) is 9.44. The van der Waals surface area contributed by atoms with Crippen LogP contribution in [0, 0.1) is 12.3 Å². The molecule has 0 aliphatic rings. The Kier molecular flexibility index (Phi) is 14.2. The molecule has 0 bridgehead atoms. The number of Topliss-reactive ketones (excluding diaryl/α,β-unsaturated/α-hetero) is 1. The molecule has 0 aromatic carbocycles. The molecule has 0 amide bonds. The second-order valence-corrected chi connectivity index (χ2v) is 8.38. The number of aromatic amines is 1. The second kappa shape index (κ2) is 16.6. The smallest absolute Gasteiger partial charge is 0.178 e. The lowest BCUT2D eigenvalue weighted by atomic mass is 10.2. The zero-order chi connectivity index (χ0) is 25.3. The summed E-state index contributed by atoms with van der Waals surface area (Å²) in [6.45, 7) is 9.88. The van der Waals surface area contributed by atoms with Crippen molar-refractivity contribution in [1.82, 2.24) is 19.9 Å². The number of imidazole rings is 1. The summed E-state index contributed by atoms with van der Waals surface area (Å²) in [6.07, 6.45) is 12.5. The molecule has 0 spiro atoms. The maximum absolute atomic E-state index is 11.5. The Labute approximate surface area is 212 Å². The lowest BCUT2D eigenvalue weighted by Crippen LogP contribution is -1.94. The first-order chi connectivity index (χ1) is 16.4. The number of hydrogen-bond donors (Lipinski definition) is 1. The Morgan fingerprint density at radius 2 is 1.82 bits per heavy atom. The first-order valence-corrected chi connectivity index (χ1v) is 12.7. The molecule has 0 aliphatic heterocycles. The third kappa shape index (κ3) is 9.86. The van der Waals surface area contributed by atoms with E-state index in [9.17, 15) is 4.79 Å². The Balaban J connectivity index is 0.000000289. The fraction of sp³-hybridized carbons (Fsp3) is 0.333. The van der Waals surface area contributed by atoms with Crippen molar-refractivity contribution in [2.75, 3.05) is 0 Å². The Bertz CT molecular complexity index is 1160. The van der Waals surface area contributed by atoms with Gasteiger partial charge in [0.05, 0.1) is 5.52 Å². The number of halogens is 1. The van der Waals surface area contributed by atoms with Crippen LogP contribution >= 0.6 is 22.9 Å². The van der Waals surface area contributed by atoms with Crippen LogP contribution in [0.15, 0.2) is 47.4 Å². The zero-order valence-electron chi connectivity index (χ0n) is 20.6. The zero-order valence-corrected chi connectivity index (χ0v) is 22.1. The van der Waals surface area contributed by atoms with Gasteiger partial charge in [-0.05, 0) is 48.6 Å². The van der Waals surface area contributed by atoms with E-state index in [0.29, 0.717) is 21.9 Å². The van der Waals surface area contributed by atoms with E-state index in [1.54, 1.807) is 36.7 Å². The van der Waals surface area contributed by atoms with Crippen molar-refractivity contribution < 1.29 is 4.79 Å². The molecule has 0 atom stereocenters. The predicted octanol–water partition coefficient (Wildman–Crippen LogP) is 8.02. The topological polar surface area (TPSA) is 71.5 Å². The van der Waals surface area contributed by atoms with Crippen LogP contribution in [0.25, 0.3) is 22.6 Å². The first kappa shape index (κ1) is 29.0. The number of carbonyl (C=O) groups is 1. The lowest BCUT2D eigenvalue weighted by Gasteiger charge is -1.96. The molecule has 4 heterocycles. The number of aromatic nitrogens is 4. The van der Waals surface area contributed by atoms with Crippen LogP contribution in [0.5, 0.6) is 0 Å². The van der Waals surface area contributed by atoms with Crippen LogP contribution < -0.4 is 0 Å². The van der Waals surface area contributed by atoms with E-state index in [1.165, 1.54) is 12.0 Å². The van der Waals surface area contributed by atoms with Crippen molar-refractivity contribution in [3.63, 3.8) is 0 Å². The van der Waals surface area contributed by atoms with Crippen molar-refractivity contribution in [3.8, 4) is 23.7 Å². The van der Waals surface area contributed by atoms with E-state index in [-0.39, 0.29) is 5.78 Å². The molecule has 0 radical (unpaired) electrons. The number of fused-ring (bicyclic) bond motifs is 1. The molecule has 4 aromatic rings. The van der Waals surface area contributed by atoms with Gasteiger partial charge in [-0.15, -0.1) is 12.3 Å². The highest BCUT2D eigenvalue weighted by Gasteiger charge is 2.12. The minimum Gasteiger partial charge on any atom is -0.336 e. The van der Waals surface area contributed by atoms with Gasteiger partial charge in [-0.2, -0.15) is 11.3 Å². The molecule has 5 nitrogen and oxygen atoms in total. The average molecular weight is 497 g/mol. The summed E-state index contributed by atoms with van der Waals surface area (Å²) >= 11 is 7.28. The second-order valence-electron chi connectivity index (χ2n) is 7.21. The molecule has 0 fully saturated rings. The van der Waals surface area contributed by atoms with E-state index >= 15 is 0 Å². The van der Waals surface area contributed by atoms with Gasteiger partial charge >= 0.3 is 0 Å². The maximum Gasteiger partial charge on any atom is 0.178 e. The molecule has 0 aliphatic carbocycles. The number of H-pyrrole nitrogens is 1. The minimum atomic E-state index is 0.0120. The van der Waals surface area contributed by atoms with Gasteiger partial charge in [-0.1, -0.05) is 52.1 Å². The summed E-state index contributed by atoms with van der Waals surface area (Å²) in [5, 5.41) is 4.58. The van der Waals surface area contributed by atoms with Gasteiger partial charge in [0, 0.05) is 35.3 Å². The lowest BCUT2D eigenvalue weighted by molar-refractivity contribution is 0.101. The molecular weight excluding hydrogens is 464 g/mol. The van der Waals surface area contributed by atoms with Crippen LogP contribution in [-0.4, -0.2) is 25.7 Å². The number of ketones is 1. The highest BCUT2D eigenvalue weighted by Crippen LogP contribution is 2.23. The number of carbonyl (C=O) groups excluding carboxylic acids is 1. The predicted molar refractivity (Wildman–Crippen MR) is 146 cm³/mol. The monoisotopic (exact) mass is 496 g/mol. The number of hydrogen-bond acceptors (Lipinski definition) is 5. The fourth-order valence-corrected chi connectivity index (χ4v) is 3.46. The largest absolute Gasteiger partial charge is 0.336 e. The number of rotatable bonds is 4. The number of aryl methyl sites for hydroxylation is 1. The van der Waals surface area contributed by atoms with Crippen molar-refractivity contribution in [2.45, 2.75) is 60.3 Å². The molecule has 7 heteroatoms. The van der Waals surface area contributed by atoms with Crippen molar-refractivity contribution in [1.29, 1.82) is 0 Å². The molecular formula is C27H33ClN4OS. The van der Waals surface area contributed by atoms with Gasteiger partial charge in [0.2, 0.25) is 0 Å². The maximum atomic E-state index is 11.5. The van der Waals surface area contributed by atoms with E-state index in [1.807, 2.05) is 35.9 Å². The van der Waals surface area contributed by atoms with Gasteiger partial charge in [0.15, 0.2) is 11.4 Å². The van der Waals surface area contributed by atoms with Crippen LogP contribution in [0.4, 0.5) is 0 Å². The van der Waals surface area contributed by atoms with Gasteiger partial charge in [0.25, 0.3) is 0 Å². The van der Waals surface area contributed by atoms with Crippen LogP contribution in [0.3, 0.4) is 0 Å². The molecule has 34 heavy (non-hydrogen) atoms. The van der Waals surface area contributed by atoms with Gasteiger partial charge < -0.3 is 4.98 Å². The highest BCUT2D eigenvalue weighted by atomic mass is 35.5. The summed E-state index contributed by atoms with van der Waals surface area (Å²) in [5.41, 5.74) is 4.20. The van der Waals surface area contributed by atoms with E-state index in [4.69, 9.17) is 18.0 Å². The summed E-state index contributed by atoms with van der Waals surface area (Å²) in [7, 11) is 0. The van der Waals surface area contributed by atoms with Gasteiger partial charge in [0.1, 0.15) is 11.0 Å². The molecule has 0 saturated heterocycles. The van der Waals surface area contributed by atoms with Crippen molar-refractivity contribution >= 4 is 39.9 Å². The molecule has 4 rings (SSSR count). The Morgan fingerprint density at radius 3 is 2.35 bits per heavy atom. The summed E-state index contributed by atoms with van der Waals surface area (Å²) in [4.78, 5) is 27.1. The minimum absolute atomic E-state index is 0.0120. The Hall–Kier alpha value is -3.01. The number of pyridine rings is 2. The summed E-state index contributed by atoms with van der Waals surface area (Å²) in [5.74, 6) is 3.19. The quantitative estimate of drug-likeness (QED) is 0.176. The van der Waals surface area contributed by atoms with Crippen LogP contribution in [-0.2, 0) is 6.42 Å². The summed E-state index contributed by atoms with van der Waals surface area (Å²) < 4.78 is 0. The van der Waals surface area contributed by atoms with E-state index in [0.717, 1.165) is 30.7 Å². The highest BCUT2D eigenvalue weighted by molar-refractivity contribution is 7.08. The SMILES string of the molecule is C#CCC.CC(=O)c1ccnc2nc(-c3ccsc3)[nH]c12.CCC.CCCc1ccnc(Cl)c1. The third-order valence-corrected chi connectivity index (χ3v) is 4.99. The number of nitrogens with one attached hydrogen (secondary N) is 1.